The van der Waals surface area contributed by atoms with E-state index in [1.807, 2.05) is 0 Å². The normalized spacial score (nSPS) is 15.2. The summed E-state index contributed by atoms with van der Waals surface area (Å²) in [5, 5.41) is 14.0. The zero-order chi connectivity index (χ0) is 38.5. The molecule has 18 heteroatoms. The van der Waals surface area contributed by atoms with E-state index in [1.54, 1.807) is 60.7 Å². The Balaban J connectivity index is 1.36. The molecule has 0 bridgehead atoms. The number of nitrogens with one attached hydrogen (secondary N) is 2. The number of allylic oxidation sites excluding steroid dienone is 1. The number of β-lactam (4-membered cyclic amide) rings is 1. The lowest BCUT2D eigenvalue weighted by Gasteiger charge is -2.45. The van der Waals surface area contributed by atoms with Crippen molar-refractivity contribution in [3.63, 3.8) is 0 Å². The lowest BCUT2D eigenvalue weighted by atomic mass is 9.99. The molecule has 1 saturated heterocycles. The second-order valence-electron chi connectivity index (χ2n) is 10.8. The number of rotatable bonds is 18. The highest BCUT2D eigenvalue weighted by atomic mass is 79.9. The van der Waals surface area contributed by atoms with E-state index in [0.717, 1.165) is 10.5 Å². The SMILES string of the molecule is COc1cc(COC(=O)C(=C(O)CBr)N2C(=O)C(NC(=O)CNC(=O)OCc3ccc(OC)cc3-c3ccc(OC=O)cc3)C2SC=O)cc(OC)c1. The molecule has 1 heterocycles. The summed E-state index contributed by atoms with van der Waals surface area (Å²) < 4.78 is 31.3. The van der Waals surface area contributed by atoms with Crippen LogP contribution in [0.3, 0.4) is 0 Å². The lowest BCUT2D eigenvalue weighted by Crippen LogP contribution is -2.70. The average Bonchev–Trinajstić information content (AvgIpc) is 3.18. The van der Waals surface area contributed by atoms with Gasteiger partial charge in [0.15, 0.2) is 11.3 Å². The molecule has 3 N–H and O–H groups in total. The molecule has 3 aromatic rings. The van der Waals surface area contributed by atoms with Crippen molar-refractivity contribution in [1.82, 2.24) is 15.5 Å². The van der Waals surface area contributed by atoms with Gasteiger partial charge in [0.25, 0.3) is 12.4 Å². The van der Waals surface area contributed by atoms with Crippen LogP contribution in [0, 0.1) is 0 Å². The first-order valence-corrected chi connectivity index (χ1v) is 17.5. The van der Waals surface area contributed by atoms with E-state index in [-0.39, 0.29) is 18.5 Å². The Kier molecular flexibility index (Phi) is 14.5. The van der Waals surface area contributed by atoms with E-state index < -0.39 is 53.3 Å². The highest BCUT2D eigenvalue weighted by molar-refractivity contribution is 9.09. The molecule has 0 aliphatic carbocycles. The summed E-state index contributed by atoms with van der Waals surface area (Å²) in [5.41, 5.74) is 2.35. The zero-order valence-electron chi connectivity index (χ0n) is 28.5. The maximum Gasteiger partial charge on any atom is 0.407 e. The van der Waals surface area contributed by atoms with Gasteiger partial charge >= 0.3 is 12.1 Å². The van der Waals surface area contributed by atoms with E-state index in [1.165, 1.54) is 21.3 Å². The molecule has 1 fully saturated rings. The number of alkyl halides is 1. The fourth-order valence-electron chi connectivity index (χ4n) is 5.03. The quantitative estimate of drug-likeness (QED) is 0.0419. The highest BCUT2D eigenvalue weighted by Gasteiger charge is 2.53. The van der Waals surface area contributed by atoms with Crippen molar-refractivity contribution in [3.05, 3.63) is 83.2 Å². The van der Waals surface area contributed by atoms with Crippen LogP contribution in [-0.2, 0) is 46.7 Å². The summed E-state index contributed by atoms with van der Waals surface area (Å²) in [5.74, 6) is -1.49. The maximum absolute atomic E-state index is 13.3. The number of hydrogen-bond donors (Lipinski definition) is 3. The largest absolute Gasteiger partial charge is 0.509 e. The first-order chi connectivity index (χ1) is 25.6. The molecule has 1 aliphatic heterocycles. The Morgan fingerprint density at radius 3 is 2.15 bits per heavy atom. The van der Waals surface area contributed by atoms with Gasteiger partial charge in [-0.2, -0.15) is 0 Å². The molecule has 0 aromatic heterocycles. The van der Waals surface area contributed by atoms with Gasteiger partial charge in [0.05, 0.1) is 26.7 Å². The van der Waals surface area contributed by atoms with Gasteiger partial charge in [0.2, 0.25) is 5.91 Å². The van der Waals surface area contributed by atoms with Crippen LogP contribution in [0.25, 0.3) is 11.1 Å². The Hall–Kier alpha value is -5.75. The van der Waals surface area contributed by atoms with Crippen molar-refractivity contribution in [1.29, 1.82) is 0 Å². The minimum absolute atomic E-state index is 0.193. The molecule has 0 radical (unpaired) electrons. The number of hydrogen-bond acceptors (Lipinski definition) is 14. The molecule has 2 unspecified atom stereocenters. The van der Waals surface area contributed by atoms with Gasteiger partial charge < -0.3 is 44.2 Å². The molecule has 0 spiro atoms. The zero-order valence-corrected chi connectivity index (χ0v) is 30.9. The van der Waals surface area contributed by atoms with Crippen LogP contribution >= 0.6 is 27.7 Å². The van der Waals surface area contributed by atoms with Crippen LogP contribution in [0.5, 0.6) is 23.0 Å². The Labute approximate surface area is 315 Å². The van der Waals surface area contributed by atoms with E-state index in [2.05, 4.69) is 26.6 Å². The van der Waals surface area contributed by atoms with Gasteiger partial charge in [-0.3, -0.25) is 24.1 Å². The van der Waals surface area contributed by atoms with Gasteiger partial charge in [-0.05, 0) is 58.7 Å². The molecule has 1 aliphatic rings. The number of carbonyl (C=O) groups is 6. The van der Waals surface area contributed by atoms with E-state index in [9.17, 15) is 33.9 Å². The van der Waals surface area contributed by atoms with Crippen molar-refractivity contribution in [2.24, 2.45) is 0 Å². The number of benzene rings is 3. The summed E-state index contributed by atoms with van der Waals surface area (Å²) in [4.78, 5) is 74.9. The van der Waals surface area contributed by atoms with E-state index in [0.29, 0.717) is 63.5 Å². The van der Waals surface area contributed by atoms with Gasteiger partial charge in [0.1, 0.15) is 59.9 Å². The van der Waals surface area contributed by atoms with Crippen LogP contribution in [-0.4, -0.2) is 90.6 Å². The predicted molar refractivity (Wildman–Crippen MR) is 193 cm³/mol. The van der Waals surface area contributed by atoms with Crippen LogP contribution in [0.15, 0.2) is 72.1 Å². The topological polar surface area (TPSA) is 205 Å². The summed E-state index contributed by atoms with van der Waals surface area (Å²) in [6.45, 7) is -0.767. The number of nitrogens with zero attached hydrogens (tertiary/aromatic N) is 1. The van der Waals surface area contributed by atoms with Crippen molar-refractivity contribution >= 4 is 63.7 Å². The third kappa shape index (κ3) is 10.2. The first-order valence-electron chi connectivity index (χ1n) is 15.4. The number of likely N-dealkylation sites (tertiary alicyclic amines) is 1. The summed E-state index contributed by atoms with van der Waals surface area (Å²) in [6.07, 6.45) is -0.944. The molecular formula is C35H34BrN3O13S. The number of alkyl carbamates (subject to hydrolysis) is 1. The minimum Gasteiger partial charge on any atom is -0.509 e. The monoisotopic (exact) mass is 815 g/mol. The summed E-state index contributed by atoms with van der Waals surface area (Å²) >= 11 is 3.64. The molecule has 0 saturated carbocycles. The summed E-state index contributed by atoms with van der Waals surface area (Å²) in [6, 6.07) is 15.3. The number of carbonyl (C=O) groups excluding carboxylic acids is 6. The molecule has 53 heavy (non-hydrogen) atoms. The van der Waals surface area contributed by atoms with E-state index >= 15 is 0 Å². The molecular weight excluding hydrogens is 782 g/mol. The molecule has 3 amide bonds. The fourth-order valence-corrected chi connectivity index (χ4v) is 6.09. The van der Waals surface area contributed by atoms with Crippen molar-refractivity contribution in [3.8, 4) is 34.1 Å². The molecule has 3 aromatic carbocycles. The predicted octanol–water partition coefficient (Wildman–Crippen LogP) is 3.63. The third-order valence-corrected chi connectivity index (χ3v) is 8.99. The van der Waals surface area contributed by atoms with Crippen LogP contribution in [0.1, 0.15) is 11.1 Å². The molecule has 280 valence electrons. The molecule has 2 atom stereocenters. The second-order valence-corrected chi connectivity index (χ2v) is 12.3. The Morgan fingerprint density at radius 2 is 1.55 bits per heavy atom. The number of methoxy groups -OCH3 is 3. The maximum atomic E-state index is 13.3. The van der Waals surface area contributed by atoms with Gasteiger partial charge in [0, 0.05) is 6.07 Å². The number of ether oxygens (including phenoxy) is 6. The van der Waals surface area contributed by atoms with Crippen LogP contribution in [0.2, 0.25) is 0 Å². The molecule has 16 nitrogen and oxygen atoms in total. The van der Waals surface area contributed by atoms with Crippen molar-refractivity contribution in [2.75, 3.05) is 33.2 Å². The van der Waals surface area contributed by atoms with Gasteiger partial charge in [-0.25, -0.2) is 9.59 Å². The number of amides is 3. The number of halogens is 1. The number of aliphatic hydroxyl groups excluding tert-OH is 1. The minimum atomic E-state index is -1.30. The molecule has 4 rings (SSSR count). The van der Waals surface area contributed by atoms with Crippen molar-refractivity contribution < 1.29 is 62.3 Å². The highest BCUT2D eigenvalue weighted by Crippen LogP contribution is 2.35. The standard InChI is InChI=1S/C35H34BrN3O13S/c1-47-24-9-6-22(27(13-24)21-4-7-23(8-5-21)52-18-40)17-51-35(46)37-15-29(43)38-30-32(44)39(33(30)53-19-41)31(28(42)14-36)34(45)50-16-20-10-25(48-2)12-26(11-20)49-3/h4-13,18-19,30,33,42H,14-17H2,1-3H3,(H,37,46)(H,38,43). The number of thioether (sulfide) groups is 1. The van der Waals surface area contributed by atoms with Crippen molar-refractivity contribution in [2.45, 2.75) is 24.6 Å². The second kappa shape index (κ2) is 19.2. The lowest BCUT2D eigenvalue weighted by molar-refractivity contribution is -0.153. The smallest absolute Gasteiger partial charge is 0.407 e. The van der Waals surface area contributed by atoms with Gasteiger partial charge in [-0.1, -0.05) is 45.9 Å². The number of aliphatic hydroxyl groups is 1. The summed E-state index contributed by atoms with van der Waals surface area (Å²) in [7, 11) is 4.41. The fraction of sp³-hybridized carbons (Fsp3) is 0.257. The third-order valence-electron chi connectivity index (χ3n) is 7.59. The van der Waals surface area contributed by atoms with Crippen LogP contribution < -0.4 is 29.6 Å². The Morgan fingerprint density at radius 1 is 0.887 bits per heavy atom. The van der Waals surface area contributed by atoms with E-state index in [4.69, 9.17) is 28.4 Å². The Bertz CT molecular complexity index is 1850. The first kappa shape index (κ1) is 40.0. The average molecular weight is 817 g/mol. The van der Waals surface area contributed by atoms with Crippen LogP contribution in [0.4, 0.5) is 4.79 Å². The van der Waals surface area contributed by atoms with Gasteiger partial charge in [-0.15, -0.1) is 0 Å². The number of esters is 1.